The van der Waals surface area contributed by atoms with E-state index in [1.807, 2.05) is 45.0 Å². The molecule has 3 N–H and O–H groups in total. The lowest BCUT2D eigenvalue weighted by molar-refractivity contribution is -0.125. The molecule has 0 saturated carbocycles. The van der Waals surface area contributed by atoms with Gasteiger partial charge in [-0.1, -0.05) is 32.9 Å². The average Bonchev–Trinajstić information content (AvgIpc) is 2.42. The van der Waals surface area contributed by atoms with Gasteiger partial charge in [0.1, 0.15) is 12.7 Å². The molecule has 1 amide bonds. The van der Waals surface area contributed by atoms with Crippen molar-refractivity contribution in [3.63, 3.8) is 0 Å². The van der Waals surface area contributed by atoms with Gasteiger partial charge >= 0.3 is 0 Å². The van der Waals surface area contributed by atoms with E-state index in [-0.39, 0.29) is 29.8 Å². The van der Waals surface area contributed by atoms with Crippen LogP contribution in [0.25, 0.3) is 0 Å². The van der Waals surface area contributed by atoms with Crippen molar-refractivity contribution in [2.45, 2.75) is 32.9 Å². The van der Waals surface area contributed by atoms with E-state index in [0.29, 0.717) is 18.9 Å². The van der Waals surface area contributed by atoms with Crippen LogP contribution in [0.2, 0.25) is 0 Å². The van der Waals surface area contributed by atoms with Gasteiger partial charge in [0.15, 0.2) is 11.5 Å². The van der Waals surface area contributed by atoms with Gasteiger partial charge in [0.2, 0.25) is 5.91 Å². The fourth-order valence-corrected chi connectivity index (χ4v) is 1.88. The minimum absolute atomic E-state index is 0. The summed E-state index contributed by atoms with van der Waals surface area (Å²) < 4.78 is 11.4. The second kappa shape index (κ2) is 7.00. The van der Waals surface area contributed by atoms with Gasteiger partial charge in [0.25, 0.3) is 0 Å². The molecule has 21 heavy (non-hydrogen) atoms. The van der Waals surface area contributed by atoms with Gasteiger partial charge in [-0.05, 0) is 17.5 Å². The second-order valence-corrected chi connectivity index (χ2v) is 6.09. The molecule has 5 nitrogen and oxygen atoms in total. The first-order chi connectivity index (χ1) is 9.38. The summed E-state index contributed by atoms with van der Waals surface area (Å²) in [5.41, 5.74) is 5.64. The number of hydrogen-bond acceptors (Lipinski definition) is 4. The number of carbonyl (C=O) groups excluding carboxylic acids is 1. The molecule has 1 aromatic rings. The summed E-state index contributed by atoms with van der Waals surface area (Å²) in [4.78, 5) is 11.9. The Morgan fingerprint density at radius 1 is 1.38 bits per heavy atom. The maximum Gasteiger partial charge on any atom is 0.237 e. The number of nitrogens with two attached hydrogens (primary N) is 1. The molecule has 2 atom stereocenters. The lowest BCUT2D eigenvalue weighted by atomic mass is 9.87. The zero-order valence-electron chi connectivity index (χ0n) is 12.6. The van der Waals surface area contributed by atoms with E-state index in [2.05, 4.69) is 5.32 Å². The standard InChI is InChI=1S/C15H22N2O3.ClH/c1-15(2,3)13(16)14(18)17-8-10-9-19-11-6-4-5-7-12(11)20-10;/h4-7,10,13H,8-9,16H2,1-3H3,(H,17,18);1H/t10?,13-;/m1./s1. The molecule has 1 aromatic carbocycles. The minimum atomic E-state index is -0.542. The van der Waals surface area contributed by atoms with E-state index in [9.17, 15) is 4.79 Å². The van der Waals surface area contributed by atoms with Crippen LogP contribution >= 0.6 is 12.4 Å². The molecule has 1 unspecified atom stereocenters. The van der Waals surface area contributed by atoms with Crippen LogP contribution in [0.1, 0.15) is 20.8 Å². The van der Waals surface area contributed by atoms with Gasteiger partial charge < -0.3 is 20.5 Å². The topological polar surface area (TPSA) is 73.6 Å². The molecule has 0 aromatic heterocycles. The molecule has 0 spiro atoms. The number of rotatable bonds is 3. The third-order valence-electron chi connectivity index (χ3n) is 3.29. The van der Waals surface area contributed by atoms with Crippen molar-refractivity contribution in [3.05, 3.63) is 24.3 Å². The predicted molar refractivity (Wildman–Crippen MR) is 84.0 cm³/mol. The molecule has 1 aliphatic heterocycles. The third-order valence-corrected chi connectivity index (χ3v) is 3.29. The van der Waals surface area contributed by atoms with E-state index >= 15 is 0 Å². The zero-order valence-corrected chi connectivity index (χ0v) is 13.4. The lowest BCUT2D eigenvalue weighted by Gasteiger charge is -2.29. The molecule has 0 radical (unpaired) electrons. The number of halogens is 1. The first kappa shape index (κ1) is 17.6. The fraction of sp³-hybridized carbons (Fsp3) is 0.533. The molecule has 2 rings (SSSR count). The van der Waals surface area contributed by atoms with Crippen LogP contribution in [0, 0.1) is 5.41 Å². The Hall–Kier alpha value is -1.46. The Balaban J connectivity index is 0.00000220. The fourth-order valence-electron chi connectivity index (χ4n) is 1.88. The molecular formula is C15H23ClN2O3. The van der Waals surface area contributed by atoms with Gasteiger partial charge in [0, 0.05) is 0 Å². The second-order valence-electron chi connectivity index (χ2n) is 6.09. The quantitative estimate of drug-likeness (QED) is 0.891. The molecular weight excluding hydrogens is 292 g/mol. The van der Waals surface area contributed by atoms with Gasteiger partial charge in [-0.15, -0.1) is 12.4 Å². The number of para-hydroxylation sites is 2. The van der Waals surface area contributed by atoms with Crippen molar-refractivity contribution in [1.29, 1.82) is 0 Å². The Kier molecular flexibility index (Phi) is 5.87. The first-order valence-corrected chi connectivity index (χ1v) is 6.79. The summed E-state index contributed by atoms with van der Waals surface area (Å²) in [6.07, 6.45) is -0.194. The van der Waals surface area contributed by atoms with Crippen LogP contribution in [0.3, 0.4) is 0 Å². The summed E-state index contributed by atoms with van der Waals surface area (Å²) in [5, 5.41) is 2.82. The van der Waals surface area contributed by atoms with Crippen molar-refractivity contribution < 1.29 is 14.3 Å². The first-order valence-electron chi connectivity index (χ1n) is 6.79. The third kappa shape index (κ3) is 4.51. The number of amides is 1. The maximum atomic E-state index is 11.9. The van der Waals surface area contributed by atoms with Crippen LogP contribution in [0.5, 0.6) is 11.5 Å². The van der Waals surface area contributed by atoms with Crippen LogP contribution in [-0.2, 0) is 4.79 Å². The number of nitrogens with one attached hydrogen (secondary N) is 1. The molecule has 0 fully saturated rings. The normalized spacial score (nSPS) is 18.4. The van der Waals surface area contributed by atoms with E-state index in [4.69, 9.17) is 15.2 Å². The Bertz CT molecular complexity index is 488. The maximum absolute atomic E-state index is 11.9. The number of fused-ring (bicyclic) bond motifs is 1. The number of carbonyl (C=O) groups is 1. The minimum Gasteiger partial charge on any atom is -0.486 e. The van der Waals surface area contributed by atoms with Gasteiger partial charge in [-0.2, -0.15) is 0 Å². The highest BCUT2D eigenvalue weighted by atomic mass is 35.5. The van der Waals surface area contributed by atoms with E-state index in [1.54, 1.807) is 0 Å². The van der Waals surface area contributed by atoms with Gasteiger partial charge in [-0.3, -0.25) is 4.79 Å². The number of hydrogen-bond donors (Lipinski definition) is 2. The highest BCUT2D eigenvalue weighted by Crippen LogP contribution is 2.30. The van der Waals surface area contributed by atoms with Gasteiger partial charge in [-0.25, -0.2) is 0 Å². The number of benzene rings is 1. The van der Waals surface area contributed by atoms with E-state index < -0.39 is 6.04 Å². The van der Waals surface area contributed by atoms with E-state index in [0.717, 1.165) is 5.75 Å². The smallest absolute Gasteiger partial charge is 0.237 e. The molecule has 0 bridgehead atoms. The zero-order chi connectivity index (χ0) is 14.8. The Labute approximate surface area is 131 Å². The number of ether oxygens (including phenoxy) is 2. The molecule has 6 heteroatoms. The van der Waals surface area contributed by atoms with Crippen LogP contribution < -0.4 is 20.5 Å². The van der Waals surface area contributed by atoms with Crippen molar-refractivity contribution in [1.82, 2.24) is 5.32 Å². The molecule has 118 valence electrons. The van der Waals surface area contributed by atoms with Crippen molar-refractivity contribution in [2.75, 3.05) is 13.2 Å². The SMILES string of the molecule is CC(C)(C)[C@H](N)C(=O)NCC1COc2ccccc2O1.Cl. The highest BCUT2D eigenvalue weighted by molar-refractivity contribution is 5.85. The highest BCUT2D eigenvalue weighted by Gasteiger charge is 2.28. The van der Waals surface area contributed by atoms with Crippen molar-refractivity contribution in [2.24, 2.45) is 11.1 Å². The monoisotopic (exact) mass is 314 g/mol. The molecule has 0 aliphatic carbocycles. The lowest BCUT2D eigenvalue weighted by Crippen LogP contribution is -2.51. The van der Waals surface area contributed by atoms with Crippen molar-refractivity contribution in [3.8, 4) is 11.5 Å². The van der Waals surface area contributed by atoms with Crippen LogP contribution in [0.4, 0.5) is 0 Å². The van der Waals surface area contributed by atoms with Crippen LogP contribution in [-0.4, -0.2) is 31.2 Å². The van der Waals surface area contributed by atoms with E-state index in [1.165, 1.54) is 0 Å². The average molecular weight is 315 g/mol. The summed E-state index contributed by atoms with van der Waals surface area (Å²) in [7, 11) is 0. The summed E-state index contributed by atoms with van der Waals surface area (Å²) >= 11 is 0. The van der Waals surface area contributed by atoms with Crippen molar-refractivity contribution >= 4 is 18.3 Å². The summed E-state index contributed by atoms with van der Waals surface area (Å²) in [6, 6.07) is 6.95. The summed E-state index contributed by atoms with van der Waals surface area (Å²) in [6.45, 7) is 6.62. The predicted octanol–water partition coefficient (Wildman–Crippen LogP) is 1.74. The Morgan fingerprint density at radius 3 is 2.62 bits per heavy atom. The van der Waals surface area contributed by atoms with Gasteiger partial charge in [0.05, 0.1) is 12.6 Å². The molecule has 1 heterocycles. The summed E-state index contributed by atoms with van der Waals surface area (Å²) in [5.74, 6) is 1.28. The largest absolute Gasteiger partial charge is 0.486 e. The Morgan fingerprint density at radius 2 is 2.00 bits per heavy atom. The molecule has 0 saturated heterocycles. The van der Waals surface area contributed by atoms with Crippen LogP contribution in [0.15, 0.2) is 24.3 Å². The molecule has 1 aliphatic rings.